The van der Waals surface area contributed by atoms with E-state index in [0.717, 1.165) is 12.1 Å². The van der Waals surface area contributed by atoms with Crippen molar-refractivity contribution < 1.29 is 21.6 Å². The maximum Gasteiger partial charge on any atom is 0.416 e. The van der Waals surface area contributed by atoms with Crippen molar-refractivity contribution >= 4 is 9.84 Å². The highest BCUT2D eigenvalue weighted by Gasteiger charge is 2.39. The Balaban J connectivity index is 2.16. The minimum absolute atomic E-state index is 0.0172. The first kappa shape index (κ1) is 16.3. The number of hydrogen-bond donors (Lipinski definition) is 1. The van der Waals surface area contributed by atoms with Crippen molar-refractivity contribution in [1.82, 2.24) is 5.32 Å². The molecule has 0 aliphatic carbocycles. The molecule has 0 spiro atoms. The Morgan fingerprint density at radius 3 is 2.52 bits per heavy atom. The summed E-state index contributed by atoms with van der Waals surface area (Å²) in [5, 5.41) is 3.16. The molecule has 1 aliphatic rings. The summed E-state index contributed by atoms with van der Waals surface area (Å²) in [6.45, 7) is 3.54. The fraction of sp³-hybridized carbons (Fsp3) is 0.571. The van der Waals surface area contributed by atoms with Crippen LogP contribution in [-0.4, -0.2) is 25.5 Å². The van der Waals surface area contributed by atoms with Gasteiger partial charge in [0.1, 0.15) is 0 Å². The Bertz CT molecular complexity index is 627. The Morgan fingerprint density at radius 2 is 2.00 bits per heavy atom. The number of sulfone groups is 1. The summed E-state index contributed by atoms with van der Waals surface area (Å²) in [7, 11) is -3.06. The third-order valence-electron chi connectivity index (χ3n) is 3.78. The third-order valence-corrected chi connectivity index (χ3v) is 5.69. The summed E-state index contributed by atoms with van der Waals surface area (Å²) in [5.74, 6) is 0.134. The summed E-state index contributed by atoms with van der Waals surface area (Å²) in [6.07, 6.45) is -3.91. The molecule has 118 valence electrons. The molecule has 0 radical (unpaired) electrons. The van der Waals surface area contributed by atoms with Crippen molar-refractivity contribution in [3.8, 4) is 0 Å². The molecular formula is C14H18F3NO2S. The Labute approximate surface area is 122 Å². The molecule has 2 unspecified atom stereocenters. The Kier molecular flexibility index (Phi) is 4.10. The van der Waals surface area contributed by atoms with Gasteiger partial charge in [-0.3, -0.25) is 0 Å². The van der Waals surface area contributed by atoms with E-state index in [1.54, 1.807) is 19.9 Å². The second kappa shape index (κ2) is 5.28. The fourth-order valence-electron chi connectivity index (χ4n) is 2.71. The van der Waals surface area contributed by atoms with Crippen LogP contribution in [0.2, 0.25) is 0 Å². The molecule has 1 heterocycles. The summed E-state index contributed by atoms with van der Waals surface area (Å²) >= 11 is 0. The molecule has 7 heteroatoms. The topological polar surface area (TPSA) is 46.2 Å². The van der Waals surface area contributed by atoms with Gasteiger partial charge in [0.25, 0.3) is 0 Å². The zero-order valence-corrected chi connectivity index (χ0v) is 12.7. The summed E-state index contributed by atoms with van der Waals surface area (Å²) < 4.78 is 61.3. The molecule has 0 saturated carbocycles. The number of alkyl halides is 3. The molecule has 0 amide bonds. The van der Waals surface area contributed by atoms with Gasteiger partial charge in [0.2, 0.25) is 0 Å². The van der Waals surface area contributed by atoms with E-state index >= 15 is 0 Å². The average Bonchev–Trinajstić information content (AvgIpc) is 2.62. The molecule has 1 fully saturated rings. The minimum Gasteiger partial charge on any atom is -0.304 e. The number of benzene rings is 1. The smallest absolute Gasteiger partial charge is 0.304 e. The fourth-order valence-corrected chi connectivity index (χ4v) is 4.82. The molecule has 0 bridgehead atoms. The maximum atomic E-state index is 12.7. The van der Waals surface area contributed by atoms with E-state index in [2.05, 4.69) is 5.32 Å². The van der Waals surface area contributed by atoms with Gasteiger partial charge in [-0.05, 0) is 38.0 Å². The number of rotatable bonds is 3. The van der Waals surface area contributed by atoms with Crippen LogP contribution in [0.3, 0.4) is 0 Å². The predicted octanol–water partition coefficient (Wildman–Crippen LogP) is 2.93. The van der Waals surface area contributed by atoms with Crippen molar-refractivity contribution in [2.24, 2.45) is 0 Å². The SMILES string of the molecule is CC(NC1(C)CCS(=O)(=O)C1)c1cccc(C(F)(F)F)c1. The van der Waals surface area contributed by atoms with Crippen LogP contribution in [0.4, 0.5) is 13.2 Å². The van der Waals surface area contributed by atoms with E-state index < -0.39 is 27.1 Å². The lowest BCUT2D eigenvalue weighted by Crippen LogP contribution is -2.44. The van der Waals surface area contributed by atoms with Crippen LogP contribution in [0, 0.1) is 0 Å². The second-order valence-corrected chi connectivity index (χ2v) is 8.08. The van der Waals surface area contributed by atoms with Gasteiger partial charge in [0.05, 0.1) is 17.1 Å². The monoisotopic (exact) mass is 321 g/mol. The van der Waals surface area contributed by atoms with Gasteiger partial charge in [0.15, 0.2) is 9.84 Å². The summed E-state index contributed by atoms with van der Waals surface area (Å²) in [4.78, 5) is 0. The van der Waals surface area contributed by atoms with Crippen LogP contribution < -0.4 is 5.32 Å². The largest absolute Gasteiger partial charge is 0.416 e. The van der Waals surface area contributed by atoms with Crippen molar-refractivity contribution in [2.75, 3.05) is 11.5 Å². The standard InChI is InChI=1S/C14H18F3NO2S/c1-10(18-13(2)6-7-21(19,20)9-13)11-4-3-5-12(8-11)14(15,16)17/h3-5,8,10,18H,6-7,9H2,1-2H3. The molecule has 1 saturated heterocycles. The van der Waals surface area contributed by atoms with Gasteiger partial charge in [-0.25, -0.2) is 8.42 Å². The molecule has 1 aromatic carbocycles. The number of hydrogen-bond acceptors (Lipinski definition) is 3. The van der Waals surface area contributed by atoms with Gasteiger partial charge in [-0.2, -0.15) is 13.2 Å². The molecule has 2 atom stereocenters. The van der Waals surface area contributed by atoms with Crippen LogP contribution in [0.5, 0.6) is 0 Å². The van der Waals surface area contributed by atoms with E-state index in [9.17, 15) is 21.6 Å². The van der Waals surface area contributed by atoms with Crippen molar-refractivity contribution in [2.45, 2.75) is 38.0 Å². The molecule has 1 aliphatic heterocycles. The number of halogens is 3. The lowest BCUT2D eigenvalue weighted by molar-refractivity contribution is -0.137. The molecule has 2 rings (SSSR count). The molecule has 1 N–H and O–H groups in total. The zero-order chi connectivity index (χ0) is 15.9. The van der Waals surface area contributed by atoms with Crippen molar-refractivity contribution in [1.29, 1.82) is 0 Å². The highest BCUT2D eigenvalue weighted by molar-refractivity contribution is 7.91. The lowest BCUT2D eigenvalue weighted by atomic mass is 9.97. The minimum atomic E-state index is -4.38. The maximum absolute atomic E-state index is 12.7. The quantitative estimate of drug-likeness (QED) is 0.931. The van der Waals surface area contributed by atoms with Gasteiger partial charge >= 0.3 is 6.18 Å². The zero-order valence-electron chi connectivity index (χ0n) is 11.9. The predicted molar refractivity (Wildman–Crippen MR) is 74.7 cm³/mol. The molecule has 3 nitrogen and oxygen atoms in total. The van der Waals surface area contributed by atoms with Gasteiger partial charge < -0.3 is 5.32 Å². The van der Waals surface area contributed by atoms with Gasteiger partial charge in [0, 0.05) is 11.6 Å². The number of nitrogens with one attached hydrogen (secondary N) is 1. The van der Waals surface area contributed by atoms with Crippen LogP contribution in [-0.2, 0) is 16.0 Å². The molecular weight excluding hydrogens is 303 g/mol. The van der Waals surface area contributed by atoms with E-state index in [1.165, 1.54) is 6.07 Å². The molecule has 1 aromatic rings. The first-order valence-corrected chi connectivity index (χ1v) is 8.48. The van der Waals surface area contributed by atoms with Gasteiger partial charge in [-0.15, -0.1) is 0 Å². The van der Waals surface area contributed by atoms with Crippen LogP contribution in [0.1, 0.15) is 37.4 Å². The summed E-state index contributed by atoms with van der Waals surface area (Å²) in [6, 6.07) is 4.75. The third kappa shape index (κ3) is 3.97. The second-order valence-electron chi connectivity index (χ2n) is 5.89. The van der Waals surface area contributed by atoms with E-state index in [0.29, 0.717) is 12.0 Å². The molecule has 21 heavy (non-hydrogen) atoms. The Hall–Kier alpha value is -1.08. The van der Waals surface area contributed by atoms with E-state index in [4.69, 9.17) is 0 Å². The molecule has 0 aromatic heterocycles. The van der Waals surface area contributed by atoms with Crippen LogP contribution in [0.25, 0.3) is 0 Å². The Morgan fingerprint density at radius 1 is 1.33 bits per heavy atom. The van der Waals surface area contributed by atoms with E-state index in [1.807, 2.05) is 0 Å². The van der Waals surface area contributed by atoms with Crippen molar-refractivity contribution in [3.63, 3.8) is 0 Å². The summed E-state index contributed by atoms with van der Waals surface area (Å²) in [5.41, 5.74) is -0.792. The first-order chi connectivity index (χ1) is 9.51. The lowest BCUT2D eigenvalue weighted by Gasteiger charge is -2.29. The van der Waals surface area contributed by atoms with Gasteiger partial charge in [-0.1, -0.05) is 12.1 Å². The van der Waals surface area contributed by atoms with E-state index in [-0.39, 0.29) is 17.5 Å². The van der Waals surface area contributed by atoms with Crippen LogP contribution >= 0.6 is 0 Å². The van der Waals surface area contributed by atoms with Crippen LogP contribution in [0.15, 0.2) is 24.3 Å². The highest BCUT2D eigenvalue weighted by Crippen LogP contribution is 2.32. The highest BCUT2D eigenvalue weighted by atomic mass is 32.2. The first-order valence-electron chi connectivity index (χ1n) is 6.66. The van der Waals surface area contributed by atoms with Crippen molar-refractivity contribution in [3.05, 3.63) is 35.4 Å². The average molecular weight is 321 g/mol. The normalized spacial score (nSPS) is 26.7.